The Morgan fingerprint density at radius 1 is 1.53 bits per heavy atom. The number of fused-ring (bicyclic) bond motifs is 1. The van der Waals surface area contributed by atoms with Gasteiger partial charge in [0.25, 0.3) is 5.69 Å². The molecular weight excluding hydrogens is 266 g/mol. The van der Waals surface area contributed by atoms with E-state index in [-0.39, 0.29) is 16.9 Å². The van der Waals surface area contributed by atoms with E-state index in [0.29, 0.717) is 16.1 Å². The highest BCUT2D eigenvalue weighted by atomic mass is 79.9. The second-order valence-electron chi connectivity index (χ2n) is 2.83. The van der Waals surface area contributed by atoms with E-state index in [4.69, 9.17) is 0 Å². The molecule has 1 aromatic heterocycles. The molecule has 0 saturated heterocycles. The number of nitrogens with one attached hydrogen (secondary N) is 1. The summed E-state index contributed by atoms with van der Waals surface area (Å²) in [6.07, 6.45) is 0.575. The average Bonchev–Trinajstić information content (AvgIpc) is 2.58. The Kier molecular flexibility index (Phi) is 2.24. The average molecular weight is 270 g/mol. The number of hydrogen-bond acceptors (Lipinski definition) is 4. The lowest BCUT2D eigenvalue weighted by Crippen LogP contribution is -1.89. The number of carbonyl (C=O) groups is 1. The minimum atomic E-state index is -0.539. The normalized spacial score (nSPS) is 10.5. The number of hydrogen-bond donors (Lipinski definition) is 1. The number of carbonyl (C=O) groups excluding carboxylic acids is 1. The number of halogens is 1. The van der Waals surface area contributed by atoms with Crippen molar-refractivity contribution in [2.45, 2.75) is 0 Å². The van der Waals surface area contributed by atoms with E-state index in [1.54, 1.807) is 6.07 Å². The molecule has 0 spiro atoms. The van der Waals surface area contributed by atoms with Crippen molar-refractivity contribution in [3.63, 3.8) is 0 Å². The molecule has 0 atom stereocenters. The Labute approximate surface area is 91.6 Å². The summed E-state index contributed by atoms with van der Waals surface area (Å²) in [4.78, 5) is 20.8. The smallest absolute Gasteiger partial charge is 0.296 e. The number of nitro groups is 1. The maximum atomic E-state index is 10.7. The largest absolute Gasteiger partial charge is 0.298 e. The van der Waals surface area contributed by atoms with Crippen LogP contribution >= 0.6 is 15.9 Å². The van der Waals surface area contributed by atoms with Crippen molar-refractivity contribution >= 4 is 38.8 Å². The van der Waals surface area contributed by atoms with Gasteiger partial charge in [-0.25, -0.2) is 0 Å². The first-order valence-corrected chi connectivity index (χ1v) is 4.70. The number of rotatable bonds is 2. The number of benzene rings is 1. The van der Waals surface area contributed by atoms with Gasteiger partial charge in [-0.15, -0.1) is 0 Å². The Bertz CT molecular complexity index is 564. The fourth-order valence-corrected chi connectivity index (χ4v) is 1.76. The molecule has 0 aliphatic heterocycles. The maximum absolute atomic E-state index is 10.7. The van der Waals surface area contributed by atoms with Crippen LogP contribution in [0.4, 0.5) is 5.69 Å². The Morgan fingerprint density at radius 3 is 2.87 bits per heavy atom. The summed E-state index contributed by atoms with van der Waals surface area (Å²) in [5.41, 5.74) is 0.281. The van der Waals surface area contributed by atoms with Crippen LogP contribution in [0.15, 0.2) is 16.6 Å². The summed E-state index contributed by atoms with van der Waals surface area (Å²) >= 11 is 3.14. The van der Waals surface area contributed by atoms with Gasteiger partial charge in [-0.05, 0) is 6.07 Å². The molecule has 2 rings (SSSR count). The Hall–Kier alpha value is -1.76. The molecule has 0 aliphatic rings. The quantitative estimate of drug-likeness (QED) is 0.513. The van der Waals surface area contributed by atoms with Gasteiger partial charge in [0.05, 0.1) is 4.92 Å². The second kappa shape index (κ2) is 3.43. The van der Waals surface area contributed by atoms with E-state index in [1.807, 2.05) is 0 Å². The number of H-pyrrole nitrogens is 1. The molecule has 15 heavy (non-hydrogen) atoms. The molecule has 1 heterocycles. The zero-order valence-corrected chi connectivity index (χ0v) is 8.82. The van der Waals surface area contributed by atoms with Crippen LogP contribution in [0.25, 0.3) is 10.9 Å². The van der Waals surface area contributed by atoms with E-state index in [0.717, 1.165) is 0 Å². The van der Waals surface area contributed by atoms with Gasteiger partial charge in [-0.2, -0.15) is 5.10 Å². The topological polar surface area (TPSA) is 88.9 Å². The van der Waals surface area contributed by atoms with Crippen molar-refractivity contribution < 1.29 is 9.72 Å². The van der Waals surface area contributed by atoms with Crippen molar-refractivity contribution in [1.82, 2.24) is 10.2 Å². The van der Waals surface area contributed by atoms with Gasteiger partial charge >= 0.3 is 0 Å². The molecular formula is C8H4BrN3O3. The zero-order valence-electron chi connectivity index (χ0n) is 7.23. The minimum Gasteiger partial charge on any atom is -0.296 e. The summed E-state index contributed by atoms with van der Waals surface area (Å²) in [6.45, 7) is 0. The molecule has 0 unspecified atom stereocenters. The number of nitrogens with zero attached hydrogens (tertiary/aromatic N) is 2. The van der Waals surface area contributed by atoms with Gasteiger partial charge in [-0.3, -0.25) is 20.0 Å². The molecule has 1 N–H and O–H groups in total. The Morgan fingerprint density at radius 2 is 2.27 bits per heavy atom. The molecule has 0 fully saturated rings. The first-order chi connectivity index (χ1) is 7.13. The van der Waals surface area contributed by atoms with Crippen molar-refractivity contribution in [3.05, 3.63) is 32.4 Å². The van der Waals surface area contributed by atoms with Gasteiger partial charge in [0.15, 0.2) is 11.8 Å². The molecule has 0 amide bonds. The van der Waals surface area contributed by atoms with Crippen LogP contribution in [0.2, 0.25) is 0 Å². The number of aldehydes is 1. The predicted octanol–water partition coefficient (Wildman–Crippen LogP) is 2.05. The van der Waals surface area contributed by atoms with E-state index in [9.17, 15) is 14.9 Å². The van der Waals surface area contributed by atoms with E-state index < -0.39 is 4.92 Å². The van der Waals surface area contributed by atoms with Gasteiger partial charge in [-0.1, -0.05) is 15.9 Å². The van der Waals surface area contributed by atoms with Crippen LogP contribution in [0.1, 0.15) is 10.5 Å². The highest BCUT2D eigenvalue weighted by Crippen LogP contribution is 2.29. The summed E-state index contributed by atoms with van der Waals surface area (Å²) in [5.74, 6) is 0. The van der Waals surface area contributed by atoms with Crippen LogP contribution in [0, 0.1) is 10.1 Å². The van der Waals surface area contributed by atoms with Gasteiger partial charge in [0.1, 0.15) is 5.69 Å². The second-order valence-corrected chi connectivity index (χ2v) is 3.75. The molecule has 0 bridgehead atoms. The fraction of sp³-hybridized carbons (Fsp3) is 0. The van der Waals surface area contributed by atoms with Crippen molar-refractivity contribution in [3.8, 4) is 0 Å². The fourth-order valence-electron chi connectivity index (χ4n) is 1.31. The monoisotopic (exact) mass is 269 g/mol. The third-order valence-corrected chi connectivity index (χ3v) is 2.41. The van der Waals surface area contributed by atoms with Gasteiger partial charge < -0.3 is 0 Å². The number of nitro benzene ring substituents is 1. The summed E-state index contributed by atoms with van der Waals surface area (Å²) in [6, 6.07) is 2.95. The first-order valence-electron chi connectivity index (χ1n) is 3.90. The van der Waals surface area contributed by atoms with Crippen LogP contribution in [-0.2, 0) is 0 Å². The highest BCUT2D eigenvalue weighted by Gasteiger charge is 2.18. The zero-order chi connectivity index (χ0) is 11.0. The first kappa shape index (κ1) is 9.78. The van der Waals surface area contributed by atoms with Crippen molar-refractivity contribution in [2.75, 3.05) is 0 Å². The van der Waals surface area contributed by atoms with Gasteiger partial charge in [0.2, 0.25) is 0 Å². The molecule has 7 heteroatoms. The van der Waals surface area contributed by atoms with Crippen LogP contribution in [-0.4, -0.2) is 21.4 Å². The lowest BCUT2D eigenvalue weighted by Gasteiger charge is -1.94. The van der Waals surface area contributed by atoms with Crippen molar-refractivity contribution in [1.29, 1.82) is 0 Å². The molecule has 76 valence electrons. The number of aromatic nitrogens is 2. The number of aromatic amines is 1. The van der Waals surface area contributed by atoms with Crippen LogP contribution in [0.5, 0.6) is 0 Å². The van der Waals surface area contributed by atoms with E-state index in [1.165, 1.54) is 6.07 Å². The van der Waals surface area contributed by atoms with Crippen molar-refractivity contribution in [2.24, 2.45) is 0 Å². The summed E-state index contributed by atoms with van der Waals surface area (Å²) in [5, 5.41) is 17.3. The molecule has 0 saturated carbocycles. The third-order valence-electron chi connectivity index (χ3n) is 1.95. The van der Waals surface area contributed by atoms with Crippen LogP contribution < -0.4 is 0 Å². The summed E-state index contributed by atoms with van der Waals surface area (Å²) in [7, 11) is 0. The van der Waals surface area contributed by atoms with Gasteiger partial charge in [0, 0.05) is 15.9 Å². The maximum Gasteiger partial charge on any atom is 0.298 e. The molecule has 0 radical (unpaired) electrons. The molecule has 0 aliphatic carbocycles. The molecule has 6 nitrogen and oxygen atoms in total. The minimum absolute atomic E-state index is 0.135. The molecule has 2 aromatic rings. The summed E-state index contributed by atoms with van der Waals surface area (Å²) < 4.78 is 0.534. The molecule has 1 aromatic carbocycles. The standard InChI is InChI=1S/C8H4BrN3O3/c9-4-1-5-6(3-13)10-11-8(5)7(2-4)12(14)15/h1-3H,(H,10,11). The van der Waals surface area contributed by atoms with E-state index >= 15 is 0 Å². The third kappa shape index (κ3) is 1.50. The highest BCUT2D eigenvalue weighted by molar-refractivity contribution is 9.10. The SMILES string of the molecule is O=Cc1[nH]nc2c([N+](=O)[O-])cc(Br)cc12. The number of non-ortho nitro benzene ring substituents is 1. The predicted molar refractivity (Wildman–Crippen MR) is 55.8 cm³/mol. The Balaban J connectivity index is 2.88. The van der Waals surface area contributed by atoms with E-state index in [2.05, 4.69) is 26.1 Å². The lowest BCUT2D eigenvalue weighted by molar-refractivity contribution is -0.383. The lowest BCUT2D eigenvalue weighted by atomic mass is 10.2. The van der Waals surface area contributed by atoms with Crippen LogP contribution in [0.3, 0.4) is 0 Å².